The minimum atomic E-state index is -3.59. The summed E-state index contributed by atoms with van der Waals surface area (Å²) in [6, 6.07) is 17.3. The monoisotopic (exact) mass is 391 g/mol. The Balaban J connectivity index is 1.57. The van der Waals surface area contributed by atoms with Crippen LogP contribution in [0.2, 0.25) is 5.02 Å². The third-order valence-electron chi connectivity index (χ3n) is 3.67. The fraction of sp³-hybridized carbons (Fsp3) is 0.158. The van der Waals surface area contributed by atoms with Gasteiger partial charge in [0, 0.05) is 11.6 Å². The van der Waals surface area contributed by atoms with E-state index in [0.29, 0.717) is 18.2 Å². The number of hydrogen-bond acceptors (Lipinski definition) is 4. The van der Waals surface area contributed by atoms with Gasteiger partial charge in [-0.15, -0.1) is 0 Å². The molecule has 3 aromatic rings. The van der Waals surface area contributed by atoms with Crippen LogP contribution in [0.25, 0.3) is 0 Å². The molecule has 0 aliphatic carbocycles. The molecule has 0 aliphatic heterocycles. The zero-order valence-corrected chi connectivity index (χ0v) is 15.5. The molecule has 1 N–H and O–H groups in total. The third kappa shape index (κ3) is 5.19. The molecule has 3 rings (SSSR count). The van der Waals surface area contributed by atoms with Crippen molar-refractivity contribution in [3.63, 3.8) is 0 Å². The SMILES string of the molecule is O=S(=O)(NCc1cccc(COCc2ccco2)c1)c1ccc(Cl)cc1. The zero-order valence-electron chi connectivity index (χ0n) is 13.9. The first-order chi connectivity index (χ1) is 12.5. The van der Waals surface area contributed by atoms with Crippen LogP contribution in [0.4, 0.5) is 0 Å². The molecule has 0 saturated heterocycles. The van der Waals surface area contributed by atoms with Gasteiger partial charge in [-0.1, -0.05) is 35.9 Å². The number of nitrogens with one attached hydrogen (secondary N) is 1. The number of furan rings is 1. The van der Waals surface area contributed by atoms with E-state index in [1.54, 1.807) is 18.4 Å². The molecular formula is C19H18ClNO4S. The van der Waals surface area contributed by atoms with E-state index in [4.69, 9.17) is 20.8 Å². The molecule has 0 atom stereocenters. The molecule has 2 aromatic carbocycles. The van der Waals surface area contributed by atoms with Gasteiger partial charge in [0.05, 0.1) is 17.8 Å². The highest BCUT2D eigenvalue weighted by Gasteiger charge is 2.13. The Morgan fingerprint density at radius 1 is 0.962 bits per heavy atom. The molecule has 0 bridgehead atoms. The van der Waals surface area contributed by atoms with Gasteiger partial charge in [-0.05, 0) is 47.5 Å². The van der Waals surface area contributed by atoms with Crippen LogP contribution < -0.4 is 4.72 Å². The van der Waals surface area contributed by atoms with Gasteiger partial charge in [-0.2, -0.15) is 0 Å². The van der Waals surface area contributed by atoms with E-state index in [1.807, 2.05) is 36.4 Å². The van der Waals surface area contributed by atoms with Crippen molar-refractivity contribution in [2.24, 2.45) is 0 Å². The highest BCUT2D eigenvalue weighted by molar-refractivity contribution is 7.89. The molecule has 7 heteroatoms. The fourth-order valence-electron chi connectivity index (χ4n) is 2.37. The highest BCUT2D eigenvalue weighted by atomic mass is 35.5. The van der Waals surface area contributed by atoms with Crippen LogP contribution in [0.1, 0.15) is 16.9 Å². The Kier molecular flexibility index (Phi) is 6.11. The number of sulfonamides is 1. The molecule has 1 heterocycles. The van der Waals surface area contributed by atoms with Gasteiger partial charge >= 0.3 is 0 Å². The van der Waals surface area contributed by atoms with E-state index in [2.05, 4.69) is 4.72 Å². The van der Waals surface area contributed by atoms with E-state index in [-0.39, 0.29) is 11.4 Å². The fourth-order valence-corrected chi connectivity index (χ4v) is 3.51. The maximum absolute atomic E-state index is 12.3. The van der Waals surface area contributed by atoms with Crippen molar-refractivity contribution >= 4 is 21.6 Å². The summed E-state index contributed by atoms with van der Waals surface area (Å²) in [5, 5.41) is 0.492. The molecule has 0 unspecified atom stereocenters. The van der Waals surface area contributed by atoms with E-state index >= 15 is 0 Å². The normalized spacial score (nSPS) is 11.6. The molecule has 0 amide bonds. The Hall–Kier alpha value is -2.12. The summed E-state index contributed by atoms with van der Waals surface area (Å²) in [4.78, 5) is 0.180. The molecule has 26 heavy (non-hydrogen) atoms. The van der Waals surface area contributed by atoms with Gasteiger partial charge in [0.15, 0.2) is 0 Å². The Morgan fingerprint density at radius 3 is 2.46 bits per heavy atom. The highest BCUT2D eigenvalue weighted by Crippen LogP contribution is 2.15. The Labute approximate surface area is 157 Å². The molecule has 0 aliphatic rings. The van der Waals surface area contributed by atoms with Crippen LogP contribution in [-0.4, -0.2) is 8.42 Å². The predicted octanol–water partition coefficient (Wildman–Crippen LogP) is 4.13. The quantitative estimate of drug-likeness (QED) is 0.627. The first kappa shape index (κ1) is 18.7. The smallest absolute Gasteiger partial charge is 0.240 e. The van der Waals surface area contributed by atoms with Crippen LogP contribution in [-0.2, 0) is 34.5 Å². The van der Waals surface area contributed by atoms with Gasteiger partial charge in [0.25, 0.3) is 0 Å². The van der Waals surface area contributed by atoms with Crippen LogP contribution in [0.5, 0.6) is 0 Å². The maximum atomic E-state index is 12.3. The van der Waals surface area contributed by atoms with Crippen molar-refractivity contribution in [2.75, 3.05) is 0 Å². The predicted molar refractivity (Wildman–Crippen MR) is 99.1 cm³/mol. The molecule has 0 fully saturated rings. The van der Waals surface area contributed by atoms with Crippen LogP contribution in [0, 0.1) is 0 Å². The number of hydrogen-bond donors (Lipinski definition) is 1. The summed E-state index contributed by atoms with van der Waals surface area (Å²) in [7, 11) is -3.59. The molecule has 0 saturated carbocycles. The Bertz CT molecular complexity index is 938. The van der Waals surface area contributed by atoms with Crippen molar-refractivity contribution in [3.8, 4) is 0 Å². The lowest BCUT2D eigenvalue weighted by Crippen LogP contribution is -2.23. The standard InChI is InChI=1S/C19H18ClNO4S/c20-17-6-8-19(9-7-17)26(22,23)21-12-15-3-1-4-16(11-15)13-24-14-18-5-2-10-25-18/h1-11,21H,12-14H2. The second kappa shape index (κ2) is 8.51. The molecule has 5 nitrogen and oxygen atoms in total. The summed E-state index contributed by atoms with van der Waals surface area (Å²) < 4.78 is 38.0. The van der Waals surface area contributed by atoms with E-state index in [1.165, 1.54) is 12.1 Å². The van der Waals surface area contributed by atoms with Crippen LogP contribution >= 0.6 is 11.6 Å². The summed E-state index contributed by atoms with van der Waals surface area (Å²) >= 11 is 5.79. The molecular weight excluding hydrogens is 374 g/mol. The average Bonchev–Trinajstić information content (AvgIpc) is 3.14. The second-order valence-corrected chi connectivity index (χ2v) is 7.87. The zero-order chi connectivity index (χ0) is 18.4. The van der Waals surface area contributed by atoms with Gasteiger partial charge in [-0.3, -0.25) is 0 Å². The molecule has 136 valence electrons. The molecule has 0 spiro atoms. The summed E-state index contributed by atoms with van der Waals surface area (Å²) in [5.74, 6) is 0.761. The maximum Gasteiger partial charge on any atom is 0.240 e. The van der Waals surface area contributed by atoms with Gasteiger partial charge in [-0.25, -0.2) is 13.1 Å². The lowest BCUT2D eigenvalue weighted by atomic mass is 10.1. The lowest BCUT2D eigenvalue weighted by Gasteiger charge is -2.09. The average molecular weight is 392 g/mol. The summed E-state index contributed by atoms with van der Waals surface area (Å²) in [6.07, 6.45) is 1.60. The lowest BCUT2D eigenvalue weighted by molar-refractivity contribution is 0.0929. The van der Waals surface area contributed by atoms with E-state index < -0.39 is 10.0 Å². The number of ether oxygens (including phenoxy) is 1. The van der Waals surface area contributed by atoms with Gasteiger partial charge in [0.1, 0.15) is 12.4 Å². The van der Waals surface area contributed by atoms with Crippen LogP contribution in [0.3, 0.4) is 0 Å². The minimum Gasteiger partial charge on any atom is -0.467 e. The van der Waals surface area contributed by atoms with E-state index in [0.717, 1.165) is 16.9 Å². The topological polar surface area (TPSA) is 68.5 Å². The minimum absolute atomic E-state index is 0.180. The van der Waals surface area contributed by atoms with Gasteiger partial charge < -0.3 is 9.15 Å². The number of rotatable bonds is 8. The van der Waals surface area contributed by atoms with Crippen molar-refractivity contribution in [1.82, 2.24) is 4.72 Å². The van der Waals surface area contributed by atoms with Crippen LogP contribution in [0.15, 0.2) is 76.2 Å². The van der Waals surface area contributed by atoms with Crippen molar-refractivity contribution in [3.05, 3.63) is 88.8 Å². The second-order valence-electron chi connectivity index (χ2n) is 5.67. The first-order valence-electron chi connectivity index (χ1n) is 7.96. The van der Waals surface area contributed by atoms with Crippen molar-refractivity contribution < 1.29 is 17.6 Å². The Morgan fingerprint density at radius 2 is 1.73 bits per heavy atom. The van der Waals surface area contributed by atoms with Crippen molar-refractivity contribution in [2.45, 2.75) is 24.7 Å². The van der Waals surface area contributed by atoms with Crippen molar-refractivity contribution in [1.29, 1.82) is 0 Å². The number of benzene rings is 2. The number of halogens is 1. The first-order valence-corrected chi connectivity index (χ1v) is 9.82. The van der Waals surface area contributed by atoms with Gasteiger partial charge in [0.2, 0.25) is 10.0 Å². The molecule has 1 aromatic heterocycles. The summed E-state index contributed by atoms with van der Waals surface area (Å²) in [6.45, 7) is 0.996. The summed E-state index contributed by atoms with van der Waals surface area (Å²) in [5.41, 5.74) is 1.81. The molecule has 0 radical (unpaired) electrons. The third-order valence-corrected chi connectivity index (χ3v) is 5.34. The van der Waals surface area contributed by atoms with E-state index in [9.17, 15) is 8.42 Å². The largest absolute Gasteiger partial charge is 0.467 e.